The van der Waals surface area contributed by atoms with Crippen LogP contribution in [0.25, 0.3) is 0 Å². The van der Waals surface area contributed by atoms with E-state index in [1.165, 1.54) is 18.7 Å². The van der Waals surface area contributed by atoms with E-state index in [0.29, 0.717) is 16.4 Å². The zero-order chi connectivity index (χ0) is 18.5. The summed E-state index contributed by atoms with van der Waals surface area (Å²) in [5, 5.41) is 6.12. The van der Waals surface area contributed by atoms with Crippen molar-refractivity contribution in [1.82, 2.24) is 9.97 Å². The Hall–Kier alpha value is -2.61. The van der Waals surface area contributed by atoms with Gasteiger partial charge in [0.1, 0.15) is 5.03 Å². The van der Waals surface area contributed by atoms with Crippen LogP contribution in [0.15, 0.2) is 34.1 Å². The van der Waals surface area contributed by atoms with Gasteiger partial charge in [0.25, 0.3) is 0 Å². The summed E-state index contributed by atoms with van der Waals surface area (Å²) in [6.45, 7) is 1.44. The van der Waals surface area contributed by atoms with Gasteiger partial charge in [0.15, 0.2) is 0 Å². The molecule has 0 aliphatic heterocycles. The van der Waals surface area contributed by atoms with Crippen molar-refractivity contribution in [3.63, 3.8) is 0 Å². The Balaban J connectivity index is 1.60. The Kier molecular flexibility index (Phi) is 5.72. The highest BCUT2D eigenvalue weighted by Gasteiger charge is 2.17. The number of aryl methyl sites for hydroxylation is 1. The lowest BCUT2D eigenvalue weighted by atomic mass is 9.98. The molecule has 1 aliphatic carbocycles. The number of thioether (sulfide) groups is 1. The average Bonchev–Trinajstić information content (AvgIpc) is 2.61. The van der Waals surface area contributed by atoms with E-state index in [4.69, 9.17) is 0 Å². The molecule has 0 saturated heterocycles. The van der Waals surface area contributed by atoms with Crippen LogP contribution in [0.4, 0.5) is 11.4 Å². The SMILES string of the molecule is CC(=O)Nc1ccc(NC(=O)CSc2nc(=O)[nH]c3c2CCCC3)cc1. The van der Waals surface area contributed by atoms with E-state index in [0.717, 1.165) is 36.9 Å². The first-order chi connectivity index (χ1) is 12.5. The zero-order valence-electron chi connectivity index (χ0n) is 14.4. The monoisotopic (exact) mass is 372 g/mol. The molecular formula is C18H20N4O3S. The van der Waals surface area contributed by atoms with Crippen molar-refractivity contribution in [2.45, 2.75) is 37.6 Å². The molecule has 0 bridgehead atoms. The molecule has 0 atom stereocenters. The number of hydrogen-bond donors (Lipinski definition) is 3. The van der Waals surface area contributed by atoms with Gasteiger partial charge >= 0.3 is 5.69 Å². The molecule has 0 radical (unpaired) electrons. The number of hydrogen-bond acceptors (Lipinski definition) is 5. The number of aromatic amines is 1. The van der Waals surface area contributed by atoms with E-state index in [-0.39, 0.29) is 23.3 Å². The fraction of sp³-hybridized carbons (Fsp3) is 0.333. The molecule has 1 aliphatic rings. The van der Waals surface area contributed by atoms with Crippen LogP contribution in [0.1, 0.15) is 31.0 Å². The number of carbonyl (C=O) groups is 2. The molecule has 1 heterocycles. The van der Waals surface area contributed by atoms with Crippen LogP contribution in [0.5, 0.6) is 0 Å². The van der Waals surface area contributed by atoms with Gasteiger partial charge in [-0.05, 0) is 49.9 Å². The number of fused-ring (bicyclic) bond motifs is 1. The van der Waals surface area contributed by atoms with Gasteiger partial charge in [-0.15, -0.1) is 0 Å². The van der Waals surface area contributed by atoms with Crippen molar-refractivity contribution < 1.29 is 9.59 Å². The van der Waals surface area contributed by atoms with Crippen LogP contribution >= 0.6 is 11.8 Å². The first kappa shape index (κ1) is 18.2. The summed E-state index contributed by atoms with van der Waals surface area (Å²) < 4.78 is 0. The fourth-order valence-corrected chi connectivity index (χ4v) is 3.77. The highest BCUT2D eigenvalue weighted by atomic mass is 32.2. The van der Waals surface area contributed by atoms with Gasteiger partial charge in [0, 0.05) is 29.6 Å². The molecule has 0 saturated carbocycles. The Labute approximate surface area is 155 Å². The second-order valence-corrected chi connectivity index (χ2v) is 7.07. The average molecular weight is 372 g/mol. The Morgan fingerprint density at radius 2 is 1.77 bits per heavy atom. The Morgan fingerprint density at radius 1 is 1.12 bits per heavy atom. The molecule has 0 fully saturated rings. The maximum Gasteiger partial charge on any atom is 0.346 e. The second-order valence-electron chi connectivity index (χ2n) is 6.11. The summed E-state index contributed by atoms with van der Waals surface area (Å²) in [6.07, 6.45) is 3.87. The normalized spacial score (nSPS) is 13.0. The number of benzene rings is 1. The fourth-order valence-electron chi connectivity index (χ4n) is 2.89. The summed E-state index contributed by atoms with van der Waals surface area (Å²) >= 11 is 1.29. The number of H-pyrrole nitrogens is 1. The molecule has 0 spiro atoms. The minimum atomic E-state index is -0.359. The number of carbonyl (C=O) groups excluding carboxylic acids is 2. The molecule has 8 heteroatoms. The molecule has 3 rings (SSSR count). The lowest BCUT2D eigenvalue weighted by Gasteiger charge is -2.17. The topological polar surface area (TPSA) is 104 Å². The van der Waals surface area contributed by atoms with Crippen molar-refractivity contribution in [2.75, 3.05) is 16.4 Å². The number of aromatic nitrogens is 2. The van der Waals surface area contributed by atoms with Gasteiger partial charge in [0.2, 0.25) is 11.8 Å². The lowest BCUT2D eigenvalue weighted by molar-refractivity contribution is -0.114. The van der Waals surface area contributed by atoms with Crippen molar-refractivity contribution in [1.29, 1.82) is 0 Å². The molecule has 1 aromatic heterocycles. The molecule has 136 valence electrons. The van der Waals surface area contributed by atoms with E-state index < -0.39 is 0 Å². The van der Waals surface area contributed by atoms with E-state index >= 15 is 0 Å². The zero-order valence-corrected chi connectivity index (χ0v) is 15.2. The number of anilines is 2. The Bertz CT molecular complexity index is 877. The third kappa shape index (κ3) is 4.72. The molecule has 26 heavy (non-hydrogen) atoms. The molecule has 1 aromatic carbocycles. The van der Waals surface area contributed by atoms with Gasteiger partial charge in [-0.25, -0.2) is 4.79 Å². The summed E-state index contributed by atoms with van der Waals surface area (Å²) in [6, 6.07) is 6.89. The van der Waals surface area contributed by atoms with E-state index in [2.05, 4.69) is 20.6 Å². The van der Waals surface area contributed by atoms with E-state index in [1.54, 1.807) is 24.3 Å². The molecule has 3 N–H and O–H groups in total. The highest BCUT2D eigenvalue weighted by Crippen LogP contribution is 2.27. The van der Waals surface area contributed by atoms with E-state index in [1.807, 2.05) is 0 Å². The van der Waals surface area contributed by atoms with Crippen molar-refractivity contribution in [2.24, 2.45) is 0 Å². The van der Waals surface area contributed by atoms with Gasteiger partial charge < -0.3 is 15.6 Å². The third-order valence-corrected chi connectivity index (χ3v) is 5.03. The number of rotatable bonds is 5. The van der Waals surface area contributed by atoms with Crippen LogP contribution in [-0.4, -0.2) is 27.5 Å². The smallest absolute Gasteiger partial charge is 0.326 e. The van der Waals surface area contributed by atoms with Crippen LogP contribution in [0.2, 0.25) is 0 Å². The first-order valence-electron chi connectivity index (χ1n) is 8.43. The number of amides is 2. The highest BCUT2D eigenvalue weighted by molar-refractivity contribution is 8.00. The minimum absolute atomic E-state index is 0.146. The molecular weight excluding hydrogens is 352 g/mol. The summed E-state index contributed by atoms with van der Waals surface area (Å²) in [5.74, 6) is -0.142. The van der Waals surface area contributed by atoms with E-state index in [9.17, 15) is 14.4 Å². The third-order valence-electron chi connectivity index (χ3n) is 4.02. The van der Waals surface area contributed by atoms with Crippen molar-refractivity contribution in [3.8, 4) is 0 Å². The predicted octanol–water partition coefficient (Wildman–Crippen LogP) is 2.34. The maximum absolute atomic E-state index is 12.2. The van der Waals surface area contributed by atoms with Gasteiger partial charge in [-0.1, -0.05) is 11.8 Å². The number of nitrogens with one attached hydrogen (secondary N) is 3. The molecule has 0 unspecified atom stereocenters. The summed E-state index contributed by atoms with van der Waals surface area (Å²) in [7, 11) is 0. The summed E-state index contributed by atoms with van der Waals surface area (Å²) in [5.41, 5.74) is 2.97. The summed E-state index contributed by atoms with van der Waals surface area (Å²) in [4.78, 5) is 41.7. The standard InChI is InChI=1S/C18H20N4O3S/c1-11(23)19-12-6-8-13(9-7-12)20-16(24)10-26-17-14-4-2-3-5-15(14)21-18(25)22-17/h6-9H,2-5,10H2,1H3,(H,19,23)(H,20,24)(H,21,22,25). The van der Waals surface area contributed by atoms with Gasteiger partial charge in [-0.2, -0.15) is 4.98 Å². The Morgan fingerprint density at radius 3 is 2.46 bits per heavy atom. The predicted molar refractivity (Wildman–Crippen MR) is 102 cm³/mol. The number of nitrogens with zero attached hydrogens (tertiary/aromatic N) is 1. The van der Waals surface area contributed by atoms with Crippen LogP contribution in [0.3, 0.4) is 0 Å². The quantitative estimate of drug-likeness (QED) is 0.552. The van der Waals surface area contributed by atoms with Gasteiger partial charge in [0.05, 0.1) is 5.75 Å². The van der Waals surface area contributed by atoms with Crippen molar-refractivity contribution in [3.05, 3.63) is 46.0 Å². The van der Waals surface area contributed by atoms with Crippen LogP contribution in [0, 0.1) is 0 Å². The van der Waals surface area contributed by atoms with Gasteiger partial charge in [-0.3, -0.25) is 9.59 Å². The minimum Gasteiger partial charge on any atom is -0.326 e. The second kappa shape index (κ2) is 8.18. The molecule has 7 nitrogen and oxygen atoms in total. The van der Waals surface area contributed by atoms with Crippen LogP contribution < -0.4 is 16.3 Å². The van der Waals surface area contributed by atoms with Crippen LogP contribution in [-0.2, 0) is 22.4 Å². The maximum atomic E-state index is 12.2. The largest absolute Gasteiger partial charge is 0.346 e. The molecule has 2 aromatic rings. The van der Waals surface area contributed by atoms with Crippen molar-refractivity contribution >= 4 is 35.0 Å². The lowest BCUT2D eigenvalue weighted by Crippen LogP contribution is -2.21. The first-order valence-corrected chi connectivity index (χ1v) is 9.42. The molecule has 2 amide bonds.